The van der Waals surface area contributed by atoms with E-state index in [1.165, 1.54) is 38.9 Å². The summed E-state index contributed by atoms with van der Waals surface area (Å²) in [6.07, 6.45) is 6.49. The first-order chi connectivity index (χ1) is 9.74. The molecule has 3 atom stereocenters. The molecule has 0 aromatic carbocycles. The van der Waals surface area contributed by atoms with Crippen LogP contribution in [0, 0.1) is 11.8 Å². The number of nitrogens with zero attached hydrogens (tertiary/aromatic N) is 2. The zero-order valence-electron chi connectivity index (χ0n) is 13.2. The average Bonchev–Trinajstić information content (AvgIpc) is 2.93. The molecule has 3 rings (SSSR count). The van der Waals surface area contributed by atoms with Crippen LogP contribution in [0.4, 0.5) is 0 Å². The van der Waals surface area contributed by atoms with E-state index >= 15 is 0 Å². The third kappa shape index (κ3) is 3.26. The second-order valence-corrected chi connectivity index (χ2v) is 6.96. The Balaban J connectivity index is 1.52. The summed E-state index contributed by atoms with van der Waals surface area (Å²) in [7, 11) is 0. The van der Waals surface area contributed by atoms with Crippen molar-refractivity contribution in [2.45, 2.75) is 39.2 Å². The van der Waals surface area contributed by atoms with Gasteiger partial charge in [0.25, 0.3) is 0 Å². The van der Waals surface area contributed by atoms with Crippen molar-refractivity contribution in [2.24, 2.45) is 11.8 Å². The minimum absolute atomic E-state index is 0.780. The Morgan fingerprint density at radius 1 is 1.20 bits per heavy atom. The monoisotopic (exact) mass is 278 g/mol. The van der Waals surface area contributed by atoms with Crippen LogP contribution in [0.1, 0.15) is 33.1 Å². The molecule has 1 aliphatic carbocycles. The first-order valence-electron chi connectivity index (χ1n) is 8.45. The van der Waals surface area contributed by atoms with Gasteiger partial charge in [-0.15, -0.1) is 0 Å². The highest BCUT2D eigenvalue weighted by Crippen LogP contribution is 2.31. The number of allylic oxidation sites excluding steroid dienone is 1. The van der Waals surface area contributed by atoms with E-state index in [4.69, 9.17) is 4.74 Å². The van der Waals surface area contributed by atoms with Gasteiger partial charge in [0.15, 0.2) is 0 Å². The van der Waals surface area contributed by atoms with E-state index in [0.29, 0.717) is 0 Å². The first kappa shape index (κ1) is 14.6. The van der Waals surface area contributed by atoms with Crippen LogP contribution in [0.3, 0.4) is 0 Å². The highest BCUT2D eigenvalue weighted by atomic mass is 16.5. The summed E-state index contributed by atoms with van der Waals surface area (Å²) in [6.45, 7) is 12.8. The van der Waals surface area contributed by atoms with Gasteiger partial charge in [-0.3, -0.25) is 4.90 Å². The molecular formula is C17H30N2O. The zero-order valence-corrected chi connectivity index (χ0v) is 13.2. The molecule has 20 heavy (non-hydrogen) atoms. The molecule has 3 nitrogen and oxygen atoms in total. The molecule has 2 aliphatic heterocycles. The standard InChI is InChI=1S/C17H30N2O/c1-14-4-3-5-15(2)17(14)13-18-7-6-16(12-18)19-8-10-20-11-9-19/h4,15-17H,3,5-13H2,1-2H3. The molecule has 114 valence electrons. The molecule has 2 fully saturated rings. The Morgan fingerprint density at radius 2 is 2.00 bits per heavy atom. The van der Waals surface area contributed by atoms with Crippen molar-refractivity contribution < 1.29 is 4.74 Å². The van der Waals surface area contributed by atoms with E-state index in [1.807, 2.05) is 0 Å². The fourth-order valence-electron chi connectivity index (χ4n) is 4.20. The molecule has 0 amide bonds. The van der Waals surface area contributed by atoms with Crippen molar-refractivity contribution in [3.63, 3.8) is 0 Å². The molecule has 0 spiro atoms. The Morgan fingerprint density at radius 3 is 2.75 bits per heavy atom. The van der Waals surface area contributed by atoms with Crippen LogP contribution in [-0.2, 0) is 4.74 Å². The van der Waals surface area contributed by atoms with Crippen molar-refractivity contribution in [1.82, 2.24) is 9.80 Å². The number of likely N-dealkylation sites (tertiary alicyclic amines) is 1. The van der Waals surface area contributed by atoms with E-state index < -0.39 is 0 Å². The summed E-state index contributed by atoms with van der Waals surface area (Å²) < 4.78 is 5.47. The Bertz CT molecular complexity index is 349. The average molecular weight is 278 g/mol. The van der Waals surface area contributed by atoms with Gasteiger partial charge in [0, 0.05) is 32.2 Å². The quantitative estimate of drug-likeness (QED) is 0.737. The van der Waals surface area contributed by atoms with Gasteiger partial charge < -0.3 is 9.64 Å². The van der Waals surface area contributed by atoms with Gasteiger partial charge in [-0.25, -0.2) is 0 Å². The lowest BCUT2D eigenvalue weighted by Crippen LogP contribution is -2.45. The van der Waals surface area contributed by atoms with Gasteiger partial charge in [0.2, 0.25) is 0 Å². The van der Waals surface area contributed by atoms with Crippen LogP contribution in [0.15, 0.2) is 11.6 Å². The number of morpholine rings is 1. The van der Waals surface area contributed by atoms with Crippen LogP contribution in [0.25, 0.3) is 0 Å². The van der Waals surface area contributed by atoms with Gasteiger partial charge in [0.05, 0.1) is 13.2 Å². The molecule has 0 saturated carbocycles. The number of hydrogen-bond donors (Lipinski definition) is 0. The van der Waals surface area contributed by atoms with Crippen LogP contribution in [-0.4, -0.2) is 61.8 Å². The normalized spacial score (nSPS) is 37.1. The minimum Gasteiger partial charge on any atom is -0.379 e. The van der Waals surface area contributed by atoms with Gasteiger partial charge in [0.1, 0.15) is 0 Å². The first-order valence-corrected chi connectivity index (χ1v) is 8.45. The Hall–Kier alpha value is -0.380. The largest absolute Gasteiger partial charge is 0.379 e. The van der Waals surface area contributed by atoms with Gasteiger partial charge >= 0.3 is 0 Å². The van der Waals surface area contributed by atoms with E-state index in [9.17, 15) is 0 Å². The van der Waals surface area contributed by atoms with Crippen molar-refractivity contribution in [3.8, 4) is 0 Å². The number of hydrogen-bond acceptors (Lipinski definition) is 3. The second-order valence-electron chi connectivity index (χ2n) is 6.96. The van der Waals surface area contributed by atoms with Crippen molar-refractivity contribution >= 4 is 0 Å². The van der Waals surface area contributed by atoms with Crippen LogP contribution in [0.2, 0.25) is 0 Å². The van der Waals surface area contributed by atoms with Crippen molar-refractivity contribution in [3.05, 3.63) is 11.6 Å². The summed E-state index contributed by atoms with van der Waals surface area (Å²) in [5.41, 5.74) is 1.64. The van der Waals surface area contributed by atoms with E-state index in [0.717, 1.165) is 44.2 Å². The Labute approximate surface area is 124 Å². The van der Waals surface area contributed by atoms with Crippen LogP contribution >= 0.6 is 0 Å². The topological polar surface area (TPSA) is 15.7 Å². The summed E-state index contributed by atoms with van der Waals surface area (Å²) in [6, 6.07) is 0.780. The molecule has 0 aromatic heterocycles. The van der Waals surface area contributed by atoms with E-state index in [1.54, 1.807) is 5.57 Å². The maximum atomic E-state index is 5.47. The third-order valence-corrected chi connectivity index (χ3v) is 5.62. The van der Waals surface area contributed by atoms with E-state index in [-0.39, 0.29) is 0 Å². The zero-order chi connectivity index (χ0) is 13.9. The van der Waals surface area contributed by atoms with Gasteiger partial charge in [-0.2, -0.15) is 0 Å². The summed E-state index contributed by atoms with van der Waals surface area (Å²) in [5.74, 6) is 1.66. The molecule has 0 radical (unpaired) electrons. The molecule has 3 heteroatoms. The molecule has 2 saturated heterocycles. The molecule has 0 bridgehead atoms. The highest BCUT2D eigenvalue weighted by molar-refractivity contribution is 5.09. The van der Waals surface area contributed by atoms with Gasteiger partial charge in [-0.05, 0) is 44.6 Å². The fourth-order valence-corrected chi connectivity index (χ4v) is 4.20. The summed E-state index contributed by atoms with van der Waals surface area (Å²) >= 11 is 0. The summed E-state index contributed by atoms with van der Waals surface area (Å²) in [5, 5.41) is 0. The van der Waals surface area contributed by atoms with Crippen LogP contribution < -0.4 is 0 Å². The SMILES string of the molecule is CC1=CCCC(C)C1CN1CCC(N2CCOCC2)C1. The van der Waals surface area contributed by atoms with Crippen molar-refractivity contribution in [2.75, 3.05) is 45.9 Å². The maximum absolute atomic E-state index is 5.47. The Kier molecular flexibility index (Phi) is 4.79. The number of rotatable bonds is 3. The third-order valence-electron chi connectivity index (χ3n) is 5.62. The fraction of sp³-hybridized carbons (Fsp3) is 0.882. The highest BCUT2D eigenvalue weighted by Gasteiger charge is 2.31. The molecule has 3 aliphatic rings. The maximum Gasteiger partial charge on any atom is 0.0594 e. The number of ether oxygens (including phenoxy) is 1. The predicted molar refractivity (Wildman–Crippen MR) is 82.9 cm³/mol. The lowest BCUT2D eigenvalue weighted by atomic mass is 9.80. The van der Waals surface area contributed by atoms with Crippen LogP contribution in [0.5, 0.6) is 0 Å². The van der Waals surface area contributed by atoms with Crippen molar-refractivity contribution in [1.29, 1.82) is 0 Å². The molecule has 0 aromatic rings. The smallest absolute Gasteiger partial charge is 0.0594 e. The summed E-state index contributed by atoms with van der Waals surface area (Å²) in [4.78, 5) is 5.36. The molecular weight excluding hydrogens is 248 g/mol. The predicted octanol–water partition coefficient (Wildman–Crippen LogP) is 2.39. The second kappa shape index (κ2) is 6.59. The lowest BCUT2D eigenvalue weighted by molar-refractivity contribution is 0.0182. The lowest BCUT2D eigenvalue weighted by Gasteiger charge is -2.34. The van der Waals surface area contributed by atoms with Gasteiger partial charge in [-0.1, -0.05) is 18.6 Å². The molecule has 3 unspecified atom stereocenters. The minimum atomic E-state index is 0.780. The molecule has 0 N–H and O–H groups in total. The molecule has 2 heterocycles. The van der Waals surface area contributed by atoms with E-state index in [2.05, 4.69) is 29.7 Å².